The maximum Gasteiger partial charge on any atom is 0.214 e. The van der Waals surface area contributed by atoms with Crippen molar-refractivity contribution < 1.29 is 14.9 Å². The second kappa shape index (κ2) is 5.67. The number of nitrogens with one attached hydrogen (secondary N) is 1. The van der Waals surface area contributed by atoms with Gasteiger partial charge in [0.2, 0.25) is 5.88 Å². The third-order valence-electron chi connectivity index (χ3n) is 2.64. The third kappa shape index (κ3) is 2.84. The van der Waals surface area contributed by atoms with Crippen molar-refractivity contribution in [2.45, 2.75) is 18.9 Å². The number of anilines is 1. The Hall–Kier alpha value is -1.33. The molecular weight excluding hydrogens is 208 g/mol. The molecular formula is C11H18N2O3. The first-order valence-corrected chi connectivity index (χ1v) is 5.19. The number of rotatable bonds is 6. The Morgan fingerprint density at radius 3 is 2.62 bits per heavy atom. The molecule has 0 fully saturated rings. The first kappa shape index (κ1) is 12.7. The van der Waals surface area contributed by atoms with Gasteiger partial charge in [0.05, 0.1) is 25.9 Å². The Bertz CT molecular complexity index is 318. The van der Waals surface area contributed by atoms with Gasteiger partial charge in [-0.05, 0) is 12.5 Å². The summed E-state index contributed by atoms with van der Waals surface area (Å²) in [5.41, 5.74) is 0.0589. The van der Waals surface area contributed by atoms with Crippen LogP contribution in [-0.2, 0) is 0 Å². The van der Waals surface area contributed by atoms with Crippen molar-refractivity contribution in [2.75, 3.05) is 25.6 Å². The molecule has 0 spiro atoms. The number of nitrogens with zero attached hydrogens (tertiary/aromatic N) is 1. The summed E-state index contributed by atoms with van der Waals surface area (Å²) in [6, 6.07) is 3.48. The Kier molecular flexibility index (Phi) is 4.52. The average Bonchev–Trinajstić information content (AvgIpc) is 2.36. The molecule has 1 heterocycles. The van der Waals surface area contributed by atoms with Gasteiger partial charge >= 0.3 is 0 Å². The van der Waals surface area contributed by atoms with Gasteiger partial charge in [0, 0.05) is 18.0 Å². The van der Waals surface area contributed by atoms with Crippen LogP contribution in [0.4, 0.5) is 5.69 Å². The predicted octanol–water partition coefficient (Wildman–Crippen LogP) is 0.635. The summed E-state index contributed by atoms with van der Waals surface area (Å²) in [5.74, 6) is 0.492. The highest BCUT2D eigenvalue weighted by Crippen LogP contribution is 2.20. The van der Waals surface area contributed by atoms with Gasteiger partial charge in [0.25, 0.3) is 0 Å². The van der Waals surface area contributed by atoms with Gasteiger partial charge in [0.15, 0.2) is 0 Å². The fourth-order valence-electron chi connectivity index (χ4n) is 1.35. The van der Waals surface area contributed by atoms with Crippen LogP contribution in [0.1, 0.15) is 13.3 Å². The van der Waals surface area contributed by atoms with Crippen LogP contribution in [0.15, 0.2) is 18.3 Å². The van der Waals surface area contributed by atoms with Crippen molar-refractivity contribution in [3.8, 4) is 5.88 Å². The summed E-state index contributed by atoms with van der Waals surface area (Å²) < 4.78 is 4.99. The number of methoxy groups -OCH3 is 1. The molecule has 0 bridgehead atoms. The molecule has 0 aliphatic carbocycles. The molecule has 0 aliphatic heterocycles. The molecule has 1 rings (SSSR count). The fourth-order valence-corrected chi connectivity index (χ4v) is 1.35. The Balaban J connectivity index is 2.84. The van der Waals surface area contributed by atoms with E-state index in [9.17, 15) is 10.2 Å². The second-order valence-corrected chi connectivity index (χ2v) is 3.66. The van der Waals surface area contributed by atoms with Crippen LogP contribution in [0.25, 0.3) is 0 Å². The lowest BCUT2D eigenvalue weighted by molar-refractivity contribution is 0.132. The van der Waals surface area contributed by atoms with Crippen molar-refractivity contribution >= 4 is 5.69 Å². The number of pyridine rings is 1. The van der Waals surface area contributed by atoms with Gasteiger partial charge in [0.1, 0.15) is 0 Å². The zero-order valence-corrected chi connectivity index (χ0v) is 9.60. The zero-order chi connectivity index (χ0) is 12.0. The van der Waals surface area contributed by atoms with E-state index in [1.165, 1.54) is 7.11 Å². The van der Waals surface area contributed by atoms with Gasteiger partial charge < -0.3 is 20.3 Å². The van der Waals surface area contributed by atoms with E-state index in [-0.39, 0.29) is 13.2 Å². The van der Waals surface area contributed by atoms with E-state index in [2.05, 4.69) is 10.3 Å². The van der Waals surface area contributed by atoms with E-state index in [0.717, 1.165) is 5.69 Å². The molecule has 3 N–H and O–H groups in total. The molecule has 90 valence electrons. The van der Waals surface area contributed by atoms with Gasteiger partial charge in [-0.2, -0.15) is 0 Å². The lowest BCUT2D eigenvalue weighted by Gasteiger charge is -2.30. The zero-order valence-electron chi connectivity index (χ0n) is 9.60. The topological polar surface area (TPSA) is 74.6 Å². The van der Waals surface area contributed by atoms with Gasteiger partial charge in [-0.1, -0.05) is 6.92 Å². The number of aliphatic hydroxyl groups is 2. The SMILES string of the molecule is CCC(CO)(CO)Nc1ccnc(OC)c1. The van der Waals surface area contributed by atoms with Crippen LogP contribution in [0.2, 0.25) is 0 Å². The molecule has 0 radical (unpaired) electrons. The summed E-state index contributed by atoms with van der Waals surface area (Å²) in [7, 11) is 1.54. The van der Waals surface area contributed by atoms with Crippen LogP contribution in [0.5, 0.6) is 5.88 Å². The number of aliphatic hydroxyl groups excluding tert-OH is 2. The number of hydrogen-bond donors (Lipinski definition) is 3. The van der Waals surface area contributed by atoms with E-state index < -0.39 is 5.54 Å². The highest BCUT2D eigenvalue weighted by molar-refractivity contribution is 5.47. The summed E-state index contributed by atoms with van der Waals surface area (Å²) in [5, 5.41) is 21.7. The number of ether oxygens (including phenoxy) is 1. The maximum atomic E-state index is 9.29. The van der Waals surface area contributed by atoms with Crippen LogP contribution in [0.3, 0.4) is 0 Å². The van der Waals surface area contributed by atoms with E-state index in [0.29, 0.717) is 12.3 Å². The van der Waals surface area contributed by atoms with Crippen molar-refractivity contribution in [1.82, 2.24) is 4.98 Å². The van der Waals surface area contributed by atoms with Crippen molar-refractivity contribution in [3.05, 3.63) is 18.3 Å². The lowest BCUT2D eigenvalue weighted by Crippen LogP contribution is -2.45. The second-order valence-electron chi connectivity index (χ2n) is 3.66. The molecule has 5 nitrogen and oxygen atoms in total. The molecule has 1 aromatic rings. The molecule has 0 aliphatic rings. The first-order chi connectivity index (χ1) is 7.69. The van der Waals surface area contributed by atoms with Gasteiger partial charge in [-0.3, -0.25) is 0 Å². The normalized spacial score (nSPS) is 11.2. The quantitative estimate of drug-likeness (QED) is 0.663. The first-order valence-electron chi connectivity index (χ1n) is 5.19. The molecule has 0 aromatic carbocycles. The predicted molar refractivity (Wildman–Crippen MR) is 61.6 cm³/mol. The van der Waals surface area contributed by atoms with E-state index in [1.54, 1.807) is 18.3 Å². The largest absolute Gasteiger partial charge is 0.481 e. The molecule has 16 heavy (non-hydrogen) atoms. The lowest BCUT2D eigenvalue weighted by atomic mass is 9.98. The maximum absolute atomic E-state index is 9.29. The monoisotopic (exact) mass is 226 g/mol. The molecule has 0 saturated heterocycles. The molecule has 0 amide bonds. The van der Waals surface area contributed by atoms with E-state index in [1.807, 2.05) is 6.92 Å². The minimum absolute atomic E-state index is 0.134. The van der Waals surface area contributed by atoms with Crippen LogP contribution >= 0.6 is 0 Å². The minimum atomic E-state index is -0.702. The van der Waals surface area contributed by atoms with Crippen molar-refractivity contribution in [2.24, 2.45) is 0 Å². The number of hydrogen-bond acceptors (Lipinski definition) is 5. The highest BCUT2D eigenvalue weighted by atomic mass is 16.5. The standard InChI is InChI=1S/C11H18N2O3/c1-3-11(7-14,8-15)13-9-4-5-12-10(6-9)16-2/h4-6,14-15H,3,7-8H2,1-2H3,(H,12,13). The van der Waals surface area contributed by atoms with Crippen LogP contribution in [0, 0.1) is 0 Å². The Morgan fingerprint density at radius 1 is 1.44 bits per heavy atom. The summed E-state index contributed by atoms with van der Waals surface area (Å²) in [6.07, 6.45) is 2.22. The van der Waals surface area contributed by atoms with Gasteiger partial charge in [-0.15, -0.1) is 0 Å². The van der Waals surface area contributed by atoms with Gasteiger partial charge in [-0.25, -0.2) is 4.98 Å². The average molecular weight is 226 g/mol. The molecule has 0 atom stereocenters. The Morgan fingerprint density at radius 2 is 2.12 bits per heavy atom. The number of aromatic nitrogens is 1. The summed E-state index contributed by atoms with van der Waals surface area (Å²) >= 11 is 0. The Labute approximate surface area is 95.1 Å². The van der Waals surface area contributed by atoms with Crippen molar-refractivity contribution in [1.29, 1.82) is 0 Å². The molecule has 0 saturated carbocycles. The summed E-state index contributed by atoms with van der Waals surface area (Å²) in [4.78, 5) is 3.98. The summed E-state index contributed by atoms with van der Waals surface area (Å²) in [6.45, 7) is 1.63. The van der Waals surface area contributed by atoms with E-state index >= 15 is 0 Å². The molecule has 5 heteroatoms. The fraction of sp³-hybridized carbons (Fsp3) is 0.545. The van der Waals surface area contributed by atoms with Crippen LogP contribution < -0.4 is 10.1 Å². The van der Waals surface area contributed by atoms with E-state index in [4.69, 9.17) is 4.74 Å². The third-order valence-corrected chi connectivity index (χ3v) is 2.64. The smallest absolute Gasteiger partial charge is 0.214 e. The molecule has 1 aromatic heterocycles. The van der Waals surface area contributed by atoms with Crippen LogP contribution in [-0.4, -0.2) is 41.1 Å². The minimum Gasteiger partial charge on any atom is -0.481 e. The molecule has 0 unspecified atom stereocenters. The van der Waals surface area contributed by atoms with Crippen molar-refractivity contribution in [3.63, 3.8) is 0 Å². The highest BCUT2D eigenvalue weighted by Gasteiger charge is 2.26.